The first kappa shape index (κ1) is 14.0. The average molecular weight is 274 g/mol. The SMILES string of the molecule is C=CC(N1CCOCC1)S(=O)(=O)C1CCNCC1. The summed E-state index contributed by atoms with van der Waals surface area (Å²) in [6.07, 6.45) is 2.98. The Kier molecular flexibility index (Phi) is 4.77. The van der Waals surface area contributed by atoms with Crippen molar-refractivity contribution in [3.05, 3.63) is 12.7 Å². The highest BCUT2D eigenvalue weighted by atomic mass is 32.2. The van der Waals surface area contributed by atoms with E-state index in [1.54, 1.807) is 6.08 Å². The quantitative estimate of drug-likeness (QED) is 0.731. The van der Waals surface area contributed by atoms with Crippen molar-refractivity contribution in [1.82, 2.24) is 10.2 Å². The van der Waals surface area contributed by atoms with Gasteiger partial charge < -0.3 is 10.1 Å². The molecule has 1 unspecified atom stereocenters. The molecular weight excluding hydrogens is 252 g/mol. The van der Waals surface area contributed by atoms with E-state index in [-0.39, 0.29) is 5.25 Å². The van der Waals surface area contributed by atoms with Crippen LogP contribution in [0.5, 0.6) is 0 Å². The summed E-state index contributed by atoms with van der Waals surface area (Å²) in [6, 6.07) is 0. The lowest BCUT2D eigenvalue weighted by Crippen LogP contribution is -2.50. The normalized spacial score (nSPS) is 25.8. The number of ether oxygens (including phenoxy) is 1. The van der Waals surface area contributed by atoms with Gasteiger partial charge in [-0.2, -0.15) is 0 Å². The maximum absolute atomic E-state index is 12.6. The molecule has 0 saturated carbocycles. The minimum absolute atomic E-state index is 0.232. The van der Waals surface area contributed by atoms with Crippen LogP contribution in [0.2, 0.25) is 0 Å². The van der Waals surface area contributed by atoms with Gasteiger partial charge in [-0.05, 0) is 25.9 Å². The van der Waals surface area contributed by atoms with Crippen molar-refractivity contribution in [3.63, 3.8) is 0 Å². The van der Waals surface area contributed by atoms with Gasteiger partial charge >= 0.3 is 0 Å². The molecule has 2 saturated heterocycles. The van der Waals surface area contributed by atoms with Gasteiger partial charge in [0.2, 0.25) is 0 Å². The van der Waals surface area contributed by atoms with Crippen molar-refractivity contribution >= 4 is 9.84 Å². The molecule has 0 aliphatic carbocycles. The highest BCUT2D eigenvalue weighted by molar-refractivity contribution is 7.92. The molecule has 0 aromatic carbocycles. The molecule has 1 atom stereocenters. The third-order valence-electron chi connectivity index (χ3n) is 3.69. The van der Waals surface area contributed by atoms with Gasteiger partial charge in [-0.3, -0.25) is 4.90 Å². The molecule has 5 nitrogen and oxygen atoms in total. The minimum atomic E-state index is -3.16. The Morgan fingerprint density at radius 3 is 2.44 bits per heavy atom. The summed E-state index contributed by atoms with van der Waals surface area (Å²) < 4.78 is 30.5. The van der Waals surface area contributed by atoms with E-state index in [0.29, 0.717) is 39.1 Å². The Bertz CT molecular complexity index is 371. The zero-order valence-electron chi connectivity index (χ0n) is 10.7. The lowest BCUT2D eigenvalue weighted by Gasteiger charge is -2.35. The Morgan fingerprint density at radius 2 is 1.89 bits per heavy atom. The summed E-state index contributed by atoms with van der Waals surface area (Å²) in [7, 11) is -3.16. The molecule has 1 N–H and O–H groups in total. The summed E-state index contributed by atoms with van der Waals surface area (Å²) in [5.74, 6) is 0. The van der Waals surface area contributed by atoms with Crippen LogP contribution in [0.25, 0.3) is 0 Å². The fourth-order valence-corrected chi connectivity index (χ4v) is 4.83. The van der Waals surface area contributed by atoms with Gasteiger partial charge in [0.05, 0.1) is 18.5 Å². The number of nitrogens with one attached hydrogen (secondary N) is 1. The molecule has 0 aromatic heterocycles. The van der Waals surface area contributed by atoms with Crippen LogP contribution in [0.15, 0.2) is 12.7 Å². The van der Waals surface area contributed by atoms with Crippen molar-refractivity contribution < 1.29 is 13.2 Å². The van der Waals surface area contributed by atoms with E-state index in [1.165, 1.54) is 0 Å². The summed E-state index contributed by atoms with van der Waals surface area (Å²) in [5.41, 5.74) is 0. The van der Waals surface area contributed by atoms with E-state index in [9.17, 15) is 8.42 Å². The second kappa shape index (κ2) is 6.14. The smallest absolute Gasteiger partial charge is 0.172 e. The van der Waals surface area contributed by atoms with E-state index < -0.39 is 15.2 Å². The first-order valence-corrected chi connectivity index (χ1v) is 8.15. The van der Waals surface area contributed by atoms with E-state index in [4.69, 9.17) is 4.74 Å². The first-order chi connectivity index (χ1) is 8.66. The molecule has 6 heteroatoms. The van der Waals surface area contributed by atoms with Gasteiger partial charge in [0, 0.05) is 13.1 Å². The average Bonchev–Trinajstić information content (AvgIpc) is 2.41. The minimum Gasteiger partial charge on any atom is -0.379 e. The van der Waals surface area contributed by atoms with Crippen molar-refractivity contribution in [2.75, 3.05) is 39.4 Å². The Hall–Kier alpha value is -0.430. The molecule has 2 fully saturated rings. The van der Waals surface area contributed by atoms with E-state index in [1.807, 2.05) is 4.90 Å². The zero-order valence-corrected chi connectivity index (χ0v) is 11.5. The van der Waals surface area contributed by atoms with Crippen LogP contribution in [-0.4, -0.2) is 63.3 Å². The zero-order chi connectivity index (χ0) is 13.0. The van der Waals surface area contributed by atoms with Crippen LogP contribution in [0, 0.1) is 0 Å². The molecule has 18 heavy (non-hydrogen) atoms. The Balaban J connectivity index is 2.11. The van der Waals surface area contributed by atoms with E-state index >= 15 is 0 Å². The van der Waals surface area contributed by atoms with Crippen molar-refractivity contribution in [2.45, 2.75) is 23.5 Å². The molecule has 0 radical (unpaired) electrons. The first-order valence-electron chi connectivity index (χ1n) is 6.54. The molecule has 2 aliphatic rings. The molecular formula is C12H22N2O3S. The third-order valence-corrected chi connectivity index (χ3v) is 6.26. The van der Waals surface area contributed by atoms with E-state index in [2.05, 4.69) is 11.9 Å². The predicted molar refractivity (Wildman–Crippen MR) is 71.2 cm³/mol. The topological polar surface area (TPSA) is 58.6 Å². The highest BCUT2D eigenvalue weighted by Crippen LogP contribution is 2.22. The Morgan fingerprint density at radius 1 is 1.28 bits per heavy atom. The maximum Gasteiger partial charge on any atom is 0.172 e. The van der Waals surface area contributed by atoms with Gasteiger partial charge in [-0.25, -0.2) is 8.42 Å². The molecule has 0 bridgehead atoms. The summed E-state index contributed by atoms with van der Waals surface area (Å²) in [5, 5.41) is 2.42. The van der Waals surface area contributed by atoms with Gasteiger partial charge in [0.25, 0.3) is 0 Å². The van der Waals surface area contributed by atoms with Crippen LogP contribution >= 0.6 is 0 Å². The number of hydrogen-bond acceptors (Lipinski definition) is 5. The number of nitrogens with zero attached hydrogens (tertiary/aromatic N) is 1. The highest BCUT2D eigenvalue weighted by Gasteiger charge is 2.36. The van der Waals surface area contributed by atoms with Crippen LogP contribution in [0.3, 0.4) is 0 Å². The molecule has 2 rings (SSSR count). The monoisotopic (exact) mass is 274 g/mol. The number of rotatable bonds is 4. The fourth-order valence-electron chi connectivity index (χ4n) is 2.64. The molecule has 0 spiro atoms. The lowest BCUT2D eigenvalue weighted by molar-refractivity contribution is 0.0372. The fraction of sp³-hybridized carbons (Fsp3) is 0.833. The van der Waals surface area contributed by atoms with Crippen LogP contribution in [0.4, 0.5) is 0 Å². The van der Waals surface area contributed by atoms with E-state index in [0.717, 1.165) is 13.1 Å². The Labute approximate surface area is 109 Å². The molecule has 104 valence electrons. The maximum atomic E-state index is 12.6. The number of piperidine rings is 1. The predicted octanol–water partition coefficient (Wildman–Crippen LogP) is -0.00250. The van der Waals surface area contributed by atoms with Gasteiger partial charge in [0.15, 0.2) is 9.84 Å². The summed E-state index contributed by atoms with van der Waals surface area (Å²) >= 11 is 0. The molecule has 2 heterocycles. The molecule has 2 aliphatic heterocycles. The van der Waals surface area contributed by atoms with Gasteiger partial charge in [0.1, 0.15) is 5.37 Å². The van der Waals surface area contributed by atoms with Gasteiger partial charge in [-0.15, -0.1) is 6.58 Å². The van der Waals surface area contributed by atoms with Crippen molar-refractivity contribution in [2.24, 2.45) is 0 Å². The van der Waals surface area contributed by atoms with Crippen LogP contribution in [0.1, 0.15) is 12.8 Å². The van der Waals surface area contributed by atoms with Crippen LogP contribution < -0.4 is 5.32 Å². The number of morpholine rings is 1. The van der Waals surface area contributed by atoms with Crippen molar-refractivity contribution in [1.29, 1.82) is 0 Å². The largest absolute Gasteiger partial charge is 0.379 e. The van der Waals surface area contributed by atoms with Gasteiger partial charge in [-0.1, -0.05) is 6.08 Å². The number of sulfone groups is 1. The lowest BCUT2D eigenvalue weighted by atomic mass is 10.2. The summed E-state index contributed by atoms with van der Waals surface area (Å²) in [6.45, 7) is 7.84. The van der Waals surface area contributed by atoms with Crippen LogP contribution in [-0.2, 0) is 14.6 Å². The van der Waals surface area contributed by atoms with Crippen molar-refractivity contribution in [3.8, 4) is 0 Å². The second-order valence-corrected chi connectivity index (χ2v) is 7.14. The standard InChI is InChI=1S/C12H22N2O3S/c1-2-12(14-7-9-17-10-8-14)18(15,16)11-3-5-13-6-4-11/h2,11-13H,1,3-10H2. The third kappa shape index (κ3) is 2.93. The molecule has 0 aromatic rings. The molecule has 0 amide bonds. The second-order valence-electron chi connectivity index (χ2n) is 4.81. The number of hydrogen-bond donors (Lipinski definition) is 1. The summed E-state index contributed by atoms with van der Waals surface area (Å²) in [4.78, 5) is 1.97.